The molecule has 0 fully saturated rings. The fourth-order valence-corrected chi connectivity index (χ4v) is 2.34. The van der Waals surface area contributed by atoms with Gasteiger partial charge in [0.05, 0.1) is 0 Å². The van der Waals surface area contributed by atoms with Gasteiger partial charge in [-0.3, -0.25) is 10.1 Å². The first-order valence-corrected chi connectivity index (χ1v) is 7.52. The second-order valence-electron chi connectivity index (χ2n) is 4.62. The maximum absolute atomic E-state index is 12.0. The third kappa shape index (κ3) is 4.53. The summed E-state index contributed by atoms with van der Waals surface area (Å²) in [6, 6.07) is 19.4. The summed E-state index contributed by atoms with van der Waals surface area (Å²) in [5.74, 6) is -0.233. The predicted octanol–water partition coefficient (Wildman–Crippen LogP) is 3.63. The average Bonchev–Trinajstić information content (AvgIpc) is 2.55. The zero-order valence-corrected chi connectivity index (χ0v) is 13.2. The van der Waals surface area contributed by atoms with Crippen LogP contribution < -0.4 is 10.2 Å². The maximum atomic E-state index is 12.0. The molecule has 0 aliphatic rings. The van der Waals surface area contributed by atoms with Crippen LogP contribution in [0.25, 0.3) is 6.08 Å². The Hall–Kier alpha value is -2.46. The fraction of sp³-hybridized carbons (Fsp3) is 0.111. The number of thiocarbonyl (C=S) groups is 1. The highest BCUT2D eigenvalue weighted by atomic mass is 32.1. The number of amides is 1. The Balaban J connectivity index is 1.98. The molecular weight excluding hydrogens is 292 g/mol. The summed E-state index contributed by atoms with van der Waals surface area (Å²) in [5, 5.41) is 3.13. The van der Waals surface area contributed by atoms with Crippen LogP contribution in [0.2, 0.25) is 0 Å². The Morgan fingerprint density at radius 3 is 2.27 bits per heavy atom. The van der Waals surface area contributed by atoms with E-state index in [-0.39, 0.29) is 5.91 Å². The molecule has 0 unspecified atom stereocenters. The van der Waals surface area contributed by atoms with Crippen LogP contribution >= 0.6 is 12.2 Å². The summed E-state index contributed by atoms with van der Waals surface area (Å²) in [6.45, 7) is 2.68. The van der Waals surface area contributed by atoms with Crippen molar-refractivity contribution in [2.45, 2.75) is 6.92 Å². The van der Waals surface area contributed by atoms with Gasteiger partial charge in [-0.2, -0.15) is 0 Å². The van der Waals surface area contributed by atoms with Crippen LogP contribution in [0, 0.1) is 0 Å². The van der Waals surface area contributed by atoms with Crippen molar-refractivity contribution in [2.24, 2.45) is 0 Å². The number of carbonyl (C=O) groups is 1. The quantitative estimate of drug-likeness (QED) is 0.691. The van der Waals surface area contributed by atoms with E-state index in [0.717, 1.165) is 11.3 Å². The Kier molecular flexibility index (Phi) is 5.86. The lowest BCUT2D eigenvalue weighted by atomic mass is 10.2. The molecule has 0 radical (unpaired) electrons. The minimum Gasteiger partial charge on any atom is -0.319 e. The SMILES string of the molecule is CCN(C(=S)NC(=O)/C=C/c1ccccc1)c1ccccc1. The van der Waals surface area contributed by atoms with E-state index in [1.807, 2.05) is 72.5 Å². The van der Waals surface area contributed by atoms with Gasteiger partial charge < -0.3 is 4.90 Å². The number of nitrogens with one attached hydrogen (secondary N) is 1. The van der Waals surface area contributed by atoms with Gasteiger partial charge >= 0.3 is 0 Å². The molecule has 0 bridgehead atoms. The van der Waals surface area contributed by atoms with Gasteiger partial charge in [-0.05, 0) is 42.9 Å². The van der Waals surface area contributed by atoms with Crippen LogP contribution in [-0.4, -0.2) is 17.6 Å². The van der Waals surface area contributed by atoms with E-state index in [1.54, 1.807) is 6.08 Å². The van der Waals surface area contributed by atoms with Gasteiger partial charge in [-0.1, -0.05) is 48.5 Å². The highest BCUT2D eigenvalue weighted by molar-refractivity contribution is 7.80. The zero-order valence-electron chi connectivity index (χ0n) is 12.4. The molecule has 0 saturated heterocycles. The van der Waals surface area contributed by atoms with E-state index < -0.39 is 0 Å². The molecule has 112 valence electrons. The summed E-state index contributed by atoms with van der Waals surface area (Å²) in [7, 11) is 0. The van der Waals surface area contributed by atoms with E-state index in [9.17, 15) is 4.79 Å². The summed E-state index contributed by atoms with van der Waals surface area (Å²) in [5.41, 5.74) is 1.93. The molecule has 0 aliphatic carbocycles. The molecule has 1 N–H and O–H groups in total. The van der Waals surface area contributed by atoms with Crippen molar-refractivity contribution in [3.8, 4) is 0 Å². The van der Waals surface area contributed by atoms with Crippen LogP contribution in [0.4, 0.5) is 5.69 Å². The van der Waals surface area contributed by atoms with E-state index >= 15 is 0 Å². The van der Waals surface area contributed by atoms with E-state index in [0.29, 0.717) is 11.7 Å². The molecule has 0 spiro atoms. The van der Waals surface area contributed by atoms with Gasteiger partial charge in [0.25, 0.3) is 0 Å². The molecule has 0 heterocycles. The first kappa shape index (κ1) is 15.9. The number of anilines is 1. The number of hydrogen-bond donors (Lipinski definition) is 1. The first-order valence-electron chi connectivity index (χ1n) is 7.11. The topological polar surface area (TPSA) is 32.3 Å². The van der Waals surface area contributed by atoms with Crippen molar-refractivity contribution in [1.82, 2.24) is 5.32 Å². The van der Waals surface area contributed by atoms with Gasteiger partial charge in [0, 0.05) is 18.3 Å². The maximum Gasteiger partial charge on any atom is 0.250 e. The molecule has 2 aromatic rings. The minimum absolute atomic E-state index is 0.233. The van der Waals surface area contributed by atoms with Crippen LogP contribution in [-0.2, 0) is 4.79 Å². The molecule has 4 heteroatoms. The number of para-hydroxylation sites is 1. The highest BCUT2D eigenvalue weighted by Crippen LogP contribution is 2.12. The zero-order chi connectivity index (χ0) is 15.8. The Morgan fingerprint density at radius 2 is 1.68 bits per heavy atom. The molecule has 0 aliphatic heterocycles. The fourth-order valence-electron chi connectivity index (χ4n) is 2.00. The van der Waals surface area contributed by atoms with Gasteiger partial charge in [0.2, 0.25) is 5.91 Å². The standard InChI is InChI=1S/C18H18N2OS/c1-2-20(16-11-7-4-8-12-16)18(22)19-17(21)14-13-15-9-5-3-6-10-15/h3-14H,2H2,1H3,(H,19,21,22)/b14-13+. The molecule has 2 aromatic carbocycles. The van der Waals surface area contributed by atoms with Gasteiger partial charge in [-0.15, -0.1) is 0 Å². The smallest absolute Gasteiger partial charge is 0.250 e. The van der Waals surface area contributed by atoms with Gasteiger partial charge in [0.1, 0.15) is 0 Å². The third-order valence-corrected chi connectivity index (χ3v) is 3.41. The largest absolute Gasteiger partial charge is 0.319 e. The number of benzene rings is 2. The second kappa shape index (κ2) is 8.10. The van der Waals surface area contributed by atoms with Crippen molar-refractivity contribution in [2.75, 3.05) is 11.4 Å². The lowest BCUT2D eigenvalue weighted by Gasteiger charge is -2.23. The summed E-state index contributed by atoms with van der Waals surface area (Å²) < 4.78 is 0. The van der Waals surface area contributed by atoms with Crippen molar-refractivity contribution < 1.29 is 4.79 Å². The predicted molar refractivity (Wildman–Crippen MR) is 95.7 cm³/mol. The Bertz CT molecular complexity index is 653. The lowest BCUT2D eigenvalue weighted by molar-refractivity contribution is -0.115. The van der Waals surface area contributed by atoms with Crippen LogP contribution in [0.1, 0.15) is 12.5 Å². The van der Waals surface area contributed by atoms with E-state index in [4.69, 9.17) is 12.2 Å². The molecule has 2 rings (SSSR count). The molecule has 1 amide bonds. The number of nitrogens with zero attached hydrogens (tertiary/aromatic N) is 1. The molecule has 0 aromatic heterocycles. The molecule has 3 nitrogen and oxygen atoms in total. The first-order chi connectivity index (χ1) is 10.7. The summed E-state index contributed by atoms with van der Waals surface area (Å²) in [4.78, 5) is 13.8. The lowest BCUT2D eigenvalue weighted by Crippen LogP contribution is -2.42. The molecular formula is C18H18N2OS. The molecule has 0 atom stereocenters. The number of hydrogen-bond acceptors (Lipinski definition) is 2. The van der Waals surface area contributed by atoms with Crippen LogP contribution in [0.3, 0.4) is 0 Å². The van der Waals surface area contributed by atoms with Crippen molar-refractivity contribution in [3.63, 3.8) is 0 Å². The van der Waals surface area contributed by atoms with Crippen LogP contribution in [0.15, 0.2) is 66.7 Å². The third-order valence-electron chi connectivity index (χ3n) is 3.09. The number of carbonyl (C=O) groups excluding carboxylic acids is 1. The second-order valence-corrected chi connectivity index (χ2v) is 5.00. The highest BCUT2D eigenvalue weighted by Gasteiger charge is 2.11. The molecule has 0 saturated carbocycles. The Labute approximate surface area is 136 Å². The van der Waals surface area contributed by atoms with E-state index in [1.165, 1.54) is 6.08 Å². The van der Waals surface area contributed by atoms with Crippen molar-refractivity contribution in [1.29, 1.82) is 0 Å². The van der Waals surface area contributed by atoms with E-state index in [2.05, 4.69) is 5.32 Å². The normalized spacial score (nSPS) is 10.4. The van der Waals surface area contributed by atoms with Crippen LogP contribution in [0.5, 0.6) is 0 Å². The monoisotopic (exact) mass is 310 g/mol. The van der Waals surface area contributed by atoms with Gasteiger partial charge in [-0.25, -0.2) is 0 Å². The van der Waals surface area contributed by atoms with Gasteiger partial charge in [0.15, 0.2) is 5.11 Å². The minimum atomic E-state index is -0.233. The van der Waals surface area contributed by atoms with Crippen molar-refractivity contribution >= 4 is 35.0 Å². The van der Waals surface area contributed by atoms with Crippen molar-refractivity contribution in [3.05, 3.63) is 72.3 Å². The molecule has 22 heavy (non-hydrogen) atoms. The summed E-state index contributed by atoms with van der Waals surface area (Å²) in [6.07, 6.45) is 3.25. The summed E-state index contributed by atoms with van der Waals surface area (Å²) >= 11 is 5.32. The number of rotatable bonds is 4. The Morgan fingerprint density at radius 1 is 1.09 bits per heavy atom. The average molecular weight is 310 g/mol.